The summed E-state index contributed by atoms with van der Waals surface area (Å²) in [6.45, 7) is 1.99. The summed E-state index contributed by atoms with van der Waals surface area (Å²) in [6.07, 6.45) is -0.461. The summed E-state index contributed by atoms with van der Waals surface area (Å²) in [7, 11) is 0. The normalized spacial score (nSPS) is 21.2. The summed E-state index contributed by atoms with van der Waals surface area (Å²) < 4.78 is 5.98. The molecule has 1 unspecified atom stereocenters. The van der Waals surface area contributed by atoms with Crippen molar-refractivity contribution in [2.75, 3.05) is 0 Å². The molecular formula is C16H14Cl2O2. The van der Waals surface area contributed by atoms with Crippen molar-refractivity contribution in [3.63, 3.8) is 0 Å². The quantitative estimate of drug-likeness (QED) is 0.815. The summed E-state index contributed by atoms with van der Waals surface area (Å²) in [5, 5.41) is 11.5. The zero-order valence-corrected chi connectivity index (χ0v) is 12.4. The highest BCUT2D eigenvalue weighted by atomic mass is 35.5. The lowest BCUT2D eigenvalue weighted by molar-refractivity contribution is 0.0658. The highest BCUT2D eigenvalue weighted by molar-refractivity contribution is 6.36. The molecule has 0 bridgehead atoms. The molecule has 4 heteroatoms. The molecule has 0 fully saturated rings. The van der Waals surface area contributed by atoms with Crippen molar-refractivity contribution in [3.8, 4) is 5.75 Å². The minimum atomic E-state index is -0.573. The van der Waals surface area contributed by atoms with Gasteiger partial charge in [-0.15, -0.1) is 0 Å². The lowest BCUT2D eigenvalue weighted by Gasteiger charge is -2.31. The Balaban J connectivity index is 2.01. The van der Waals surface area contributed by atoms with Gasteiger partial charge in [0, 0.05) is 27.6 Å². The van der Waals surface area contributed by atoms with Crippen LogP contribution in [0.25, 0.3) is 0 Å². The monoisotopic (exact) mass is 308 g/mol. The molecule has 0 radical (unpaired) electrons. The fraction of sp³-hybridized carbons (Fsp3) is 0.250. The van der Waals surface area contributed by atoms with Crippen molar-refractivity contribution in [1.29, 1.82) is 0 Å². The second kappa shape index (κ2) is 5.28. The van der Waals surface area contributed by atoms with Crippen molar-refractivity contribution in [2.24, 2.45) is 0 Å². The number of aliphatic hydroxyl groups is 1. The molecule has 2 nitrogen and oxygen atoms in total. The molecule has 0 aliphatic carbocycles. The fourth-order valence-electron chi connectivity index (χ4n) is 2.56. The topological polar surface area (TPSA) is 29.5 Å². The predicted octanol–water partition coefficient (Wildman–Crippen LogP) is 4.86. The standard InChI is InChI=1S/C16H14Cl2O2/c1-9-5-6-14-10(7-9)13(19)8-15(20-14)16-11(17)3-2-4-12(16)18/h2-7,13,15,19H,8H2,1H3/t13-,15?/m1/s1. The van der Waals surface area contributed by atoms with Gasteiger partial charge in [0.1, 0.15) is 11.9 Å². The van der Waals surface area contributed by atoms with E-state index in [4.69, 9.17) is 27.9 Å². The largest absolute Gasteiger partial charge is 0.485 e. The van der Waals surface area contributed by atoms with Crippen molar-refractivity contribution >= 4 is 23.2 Å². The van der Waals surface area contributed by atoms with Gasteiger partial charge in [0.2, 0.25) is 0 Å². The van der Waals surface area contributed by atoms with E-state index in [1.807, 2.05) is 25.1 Å². The lowest BCUT2D eigenvalue weighted by atomic mass is 9.94. The Morgan fingerprint density at radius 3 is 2.55 bits per heavy atom. The smallest absolute Gasteiger partial charge is 0.129 e. The van der Waals surface area contributed by atoms with Crippen LogP contribution in [0.4, 0.5) is 0 Å². The van der Waals surface area contributed by atoms with Crippen molar-refractivity contribution in [1.82, 2.24) is 0 Å². The lowest BCUT2D eigenvalue weighted by Crippen LogP contribution is -2.19. The number of aryl methyl sites for hydroxylation is 1. The van der Waals surface area contributed by atoms with Gasteiger partial charge in [-0.2, -0.15) is 0 Å². The Kier molecular flexibility index (Phi) is 3.63. The molecule has 0 saturated heterocycles. The molecule has 1 heterocycles. The van der Waals surface area contributed by atoms with Gasteiger partial charge in [0.05, 0.1) is 6.10 Å². The zero-order chi connectivity index (χ0) is 14.3. The SMILES string of the molecule is Cc1ccc2c(c1)[C@H](O)CC(c1c(Cl)cccc1Cl)O2. The molecular weight excluding hydrogens is 295 g/mol. The summed E-state index contributed by atoms with van der Waals surface area (Å²) in [5.74, 6) is 0.690. The van der Waals surface area contributed by atoms with Crippen molar-refractivity contribution < 1.29 is 9.84 Å². The van der Waals surface area contributed by atoms with Crippen molar-refractivity contribution in [3.05, 3.63) is 63.1 Å². The molecule has 0 saturated carbocycles. The van der Waals surface area contributed by atoms with E-state index in [2.05, 4.69) is 0 Å². The second-order valence-corrected chi connectivity index (χ2v) is 5.85. The van der Waals surface area contributed by atoms with Crippen molar-refractivity contribution in [2.45, 2.75) is 25.6 Å². The number of aliphatic hydroxyl groups excluding tert-OH is 1. The third-order valence-corrected chi connectivity index (χ3v) is 4.21. The number of benzene rings is 2. The van der Waals surface area contributed by atoms with Gasteiger partial charge in [-0.1, -0.05) is 40.9 Å². The van der Waals surface area contributed by atoms with E-state index in [-0.39, 0.29) is 6.10 Å². The highest BCUT2D eigenvalue weighted by Gasteiger charge is 2.30. The molecule has 1 N–H and O–H groups in total. The van der Waals surface area contributed by atoms with E-state index < -0.39 is 6.10 Å². The molecule has 1 aliphatic heterocycles. The van der Waals surface area contributed by atoms with Crippen LogP contribution >= 0.6 is 23.2 Å². The van der Waals surface area contributed by atoms with E-state index in [1.165, 1.54) is 0 Å². The van der Waals surface area contributed by atoms with Crippen LogP contribution in [0.2, 0.25) is 10.0 Å². The first-order valence-electron chi connectivity index (χ1n) is 6.45. The summed E-state index contributed by atoms with van der Waals surface area (Å²) in [4.78, 5) is 0. The van der Waals surface area contributed by atoms with Gasteiger partial charge < -0.3 is 9.84 Å². The molecule has 0 aromatic heterocycles. The average molecular weight is 309 g/mol. The Morgan fingerprint density at radius 2 is 1.85 bits per heavy atom. The van der Waals surface area contributed by atoms with Crippen LogP contribution < -0.4 is 4.74 Å². The number of rotatable bonds is 1. The molecule has 20 heavy (non-hydrogen) atoms. The summed E-state index contributed by atoms with van der Waals surface area (Å²) >= 11 is 12.4. The van der Waals surface area contributed by atoms with E-state index in [1.54, 1.807) is 18.2 Å². The molecule has 0 spiro atoms. The minimum Gasteiger partial charge on any atom is -0.485 e. The van der Waals surface area contributed by atoms with Gasteiger partial charge in [0.15, 0.2) is 0 Å². The molecule has 0 amide bonds. The Hall–Kier alpha value is -1.22. The van der Waals surface area contributed by atoms with Gasteiger partial charge >= 0.3 is 0 Å². The van der Waals surface area contributed by atoms with E-state index >= 15 is 0 Å². The number of halogens is 2. The first-order chi connectivity index (χ1) is 9.56. The fourth-order valence-corrected chi connectivity index (χ4v) is 3.20. The van der Waals surface area contributed by atoms with Crippen LogP contribution in [0.1, 0.15) is 35.3 Å². The van der Waals surface area contributed by atoms with Crippen LogP contribution in [0.3, 0.4) is 0 Å². The molecule has 2 aromatic rings. The van der Waals surface area contributed by atoms with Gasteiger partial charge in [-0.05, 0) is 31.2 Å². The molecule has 104 valence electrons. The molecule has 3 rings (SSSR count). The van der Waals surface area contributed by atoms with Crippen LogP contribution in [-0.2, 0) is 0 Å². The first kappa shape index (κ1) is 13.7. The molecule has 2 aromatic carbocycles. The van der Waals surface area contributed by atoms with Crippen LogP contribution in [0.15, 0.2) is 36.4 Å². The maximum absolute atomic E-state index is 10.3. The average Bonchev–Trinajstić information content (AvgIpc) is 2.39. The maximum Gasteiger partial charge on any atom is 0.129 e. The van der Waals surface area contributed by atoms with E-state index in [0.717, 1.165) is 16.7 Å². The molecule has 2 atom stereocenters. The van der Waals surface area contributed by atoms with Crippen LogP contribution in [0.5, 0.6) is 5.75 Å². The Labute approximate surface area is 127 Å². The third-order valence-electron chi connectivity index (χ3n) is 3.55. The van der Waals surface area contributed by atoms with Gasteiger partial charge in [-0.3, -0.25) is 0 Å². The highest BCUT2D eigenvalue weighted by Crippen LogP contribution is 2.44. The zero-order valence-electron chi connectivity index (χ0n) is 10.9. The second-order valence-electron chi connectivity index (χ2n) is 5.03. The Bertz CT molecular complexity index is 635. The number of fused-ring (bicyclic) bond motifs is 1. The van der Waals surface area contributed by atoms with Gasteiger partial charge in [0.25, 0.3) is 0 Å². The van der Waals surface area contributed by atoms with Crippen LogP contribution in [0, 0.1) is 6.92 Å². The van der Waals surface area contributed by atoms with E-state index in [0.29, 0.717) is 22.2 Å². The maximum atomic E-state index is 10.3. The third kappa shape index (κ3) is 2.39. The number of hydrogen-bond donors (Lipinski definition) is 1. The van der Waals surface area contributed by atoms with Gasteiger partial charge in [-0.25, -0.2) is 0 Å². The summed E-state index contributed by atoms with van der Waals surface area (Å²) in [6, 6.07) is 11.1. The predicted molar refractivity (Wildman–Crippen MR) is 80.6 cm³/mol. The number of hydrogen-bond acceptors (Lipinski definition) is 2. The summed E-state index contributed by atoms with van der Waals surface area (Å²) in [5.41, 5.74) is 2.66. The number of ether oxygens (including phenoxy) is 1. The first-order valence-corrected chi connectivity index (χ1v) is 7.21. The molecule has 1 aliphatic rings. The Morgan fingerprint density at radius 1 is 1.15 bits per heavy atom. The van der Waals surface area contributed by atoms with Crippen LogP contribution in [-0.4, -0.2) is 5.11 Å². The minimum absolute atomic E-state index is 0.332. The van der Waals surface area contributed by atoms with E-state index in [9.17, 15) is 5.11 Å².